The van der Waals surface area contributed by atoms with E-state index >= 15 is 0 Å². The Hall–Kier alpha value is -2.98. The van der Waals surface area contributed by atoms with Crippen molar-refractivity contribution in [3.05, 3.63) is 53.8 Å². The third kappa shape index (κ3) is 5.02. The second-order valence-corrected chi connectivity index (χ2v) is 7.28. The zero-order chi connectivity index (χ0) is 20.2. The first-order valence-corrected chi connectivity index (χ1v) is 9.19. The van der Waals surface area contributed by atoms with Crippen LogP contribution in [0.1, 0.15) is 17.3 Å². The summed E-state index contributed by atoms with van der Waals surface area (Å²) >= 11 is 0. The van der Waals surface area contributed by atoms with Crippen molar-refractivity contribution in [3.8, 4) is 5.75 Å². The minimum atomic E-state index is -4.10. The highest BCUT2D eigenvalue weighted by molar-refractivity contribution is 7.89. The van der Waals surface area contributed by atoms with Crippen molar-refractivity contribution >= 4 is 27.5 Å². The van der Waals surface area contributed by atoms with E-state index < -0.39 is 33.7 Å². The molecule has 0 saturated heterocycles. The predicted molar refractivity (Wildman–Crippen MR) is 96.3 cm³/mol. The molecular weight excluding hydrogens is 377 g/mol. The molecule has 4 N–H and O–H groups in total. The summed E-state index contributed by atoms with van der Waals surface area (Å²) in [6.45, 7) is 1.30. The summed E-state index contributed by atoms with van der Waals surface area (Å²) in [6, 6.07) is 7.56. The van der Waals surface area contributed by atoms with Crippen LogP contribution in [-0.2, 0) is 14.8 Å². The molecule has 2 rings (SSSR count). The molecule has 2 amide bonds. The van der Waals surface area contributed by atoms with E-state index in [1.807, 2.05) is 0 Å². The highest BCUT2D eigenvalue weighted by Crippen LogP contribution is 2.24. The summed E-state index contributed by atoms with van der Waals surface area (Å²) in [5.74, 6) is -1.83. The zero-order valence-corrected chi connectivity index (χ0v) is 15.3. The molecule has 144 valence electrons. The average molecular weight is 395 g/mol. The number of halogens is 1. The Labute approximate surface area is 155 Å². The van der Waals surface area contributed by atoms with Gasteiger partial charge in [0.15, 0.2) is 0 Å². The van der Waals surface area contributed by atoms with Crippen LogP contribution in [0, 0.1) is 5.82 Å². The van der Waals surface area contributed by atoms with Crippen molar-refractivity contribution in [2.75, 3.05) is 12.4 Å². The van der Waals surface area contributed by atoms with Crippen molar-refractivity contribution < 1.29 is 27.1 Å². The molecule has 8 nitrogen and oxygen atoms in total. The van der Waals surface area contributed by atoms with Crippen molar-refractivity contribution in [2.45, 2.75) is 17.9 Å². The van der Waals surface area contributed by atoms with Crippen molar-refractivity contribution in [1.29, 1.82) is 0 Å². The first-order valence-electron chi connectivity index (χ1n) is 7.70. The fraction of sp³-hybridized carbons (Fsp3) is 0.176. The monoisotopic (exact) mass is 395 g/mol. The number of hydrogen-bond donors (Lipinski definition) is 3. The molecule has 27 heavy (non-hydrogen) atoms. The molecule has 0 aliphatic rings. The maximum absolute atomic E-state index is 13.0. The normalized spacial score (nSPS) is 12.3. The SMILES string of the molecule is COc1ccc(S(=O)(=O)NC(C)C(N)=O)cc1C(=O)Nc1ccc(F)cc1. The summed E-state index contributed by atoms with van der Waals surface area (Å²) in [5, 5.41) is 2.52. The van der Waals surface area contributed by atoms with E-state index in [1.165, 1.54) is 50.4 Å². The van der Waals surface area contributed by atoms with Gasteiger partial charge in [-0.3, -0.25) is 9.59 Å². The first kappa shape index (κ1) is 20.3. The van der Waals surface area contributed by atoms with Gasteiger partial charge >= 0.3 is 0 Å². The molecule has 0 saturated carbocycles. The Kier molecular flexibility index (Phi) is 6.13. The number of nitrogens with one attached hydrogen (secondary N) is 2. The van der Waals surface area contributed by atoms with Gasteiger partial charge in [-0.1, -0.05) is 0 Å². The number of primary amides is 1. The smallest absolute Gasteiger partial charge is 0.259 e. The molecule has 0 aliphatic heterocycles. The lowest BCUT2D eigenvalue weighted by molar-refractivity contribution is -0.119. The van der Waals surface area contributed by atoms with Crippen LogP contribution in [0.25, 0.3) is 0 Å². The minimum Gasteiger partial charge on any atom is -0.496 e. The van der Waals surface area contributed by atoms with Crippen molar-refractivity contribution in [3.63, 3.8) is 0 Å². The second kappa shape index (κ2) is 8.14. The van der Waals surface area contributed by atoms with Gasteiger partial charge in [0.1, 0.15) is 11.6 Å². The largest absolute Gasteiger partial charge is 0.496 e. The van der Waals surface area contributed by atoms with E-state index in [2.05, 4.69) is 10.0 Å². The number of ether oxygens (including phenoxy) is 1. The summed E-state index contributed by atoms with van der Waals surface area (Å²) in [4.78, 5) is 23.4. The molecule has 0 radical (unpaired) electrons. The lowest BCUT2D eigenvalue weighted by atomic mass is 10.2. The van der Waals surface area contributed by atoms with Crippen LogP contribution in [0.4, 0.5) is 10.1 Å². The Morgan fingerprint density at radius 2 is 1.78 bits per heavy atom. The van der Waals surface area contributed by atoms with E-state index in [4.69, 9.17) is 10.5 Å². The predicted octanol–water partition coefficient (Wildman–Crippen LogP) is 1.24. The Balaban J connectivity index is 2.35. The molecule has 0 aromatic heterocycles. The number of carbonyl (C=O) groups is 2. The van der Waals surface area contributed by atoms with Crippen molar-refractivity contribution in [1.82, 2.24) is 4.72 Å². The fourth-order valence-electron chi connectivity index (χ4n) is 2.12. The van der Waals surface area contributed by atoms with Crippen LogP contribution >= 0.6 is 0 Å². The molecule has 1 unspecified atom stereocenters. The van der Waals surface area contributed by atoms with Crippen LogP contribution in [0.5, 0.6) is 5.75 Å². The summed E-state index contributed by atoms with van der Waals surface area (Å²) < 4.78 is 45.0. The highest BCUT2D eigenvalue weighted by atomic mass is 32.2. The Bertz CT molecular complexity index is 961. The van der Waals surface area contributed by atoms with Crippen LogP contribution in [0.15, 0.2) is 47.4 Å². The molecule has 0 spiro atoms. The number of carbonyl (C=O) groups excluding carboxylic acids is 2. The van der Waals surface area contributed by atoms with Gasteiger partial charge in [-0.05, 0) is 49.4 Å². The lowest BCUT2D eigenvalue weighted by Gasteiger charge is -2.14. The molecule has 10 heteroatoms. The molecule has 1 atom stereocenters. The van der Waals surface area contributed by atoms with E-state index in [1.54, 1.807) is 0 Å². The van der Waals surface area contributed by atoms with Gasteiger partial charge in [-0.2, -0.15) is 4.72 Å². The van der Waals surface area contributed by atoms with Gasteiger partial charge in [0.2, 0.25) is 15.9 Å². The second-order valence-electron chi connectivity index (χ2n) is 5.57. The van der Waals surface area contributed by atoms with Gasteiger partial charge in [-0.25, -0.2) is 12.8 Å². The fourth-order valence-corrected chi connectivity index (χ4v) is 3.36. The van der Waals surface area contributed by atoms with Crippen LogP contribution < -0.4 is 20.5 Å². The molecule has 2 aromatic carbocycles. The van der Waals surface area contributed by atoms with Crippen molar-refractivity contribution in [2.24, 2.45) is 5.73 Å². The average Bonchev–Trinajstić information content (AvgIpc) is 2.62. The highest BCUT2D eigenvalue weighted by Gasteiger charge is 2.23. The quantitative estimate of drug-likeness (QED) is 0.650. The number of methoxy groups -OCH3 is 1. The molecule has 2 aromatic rings. The molecule has 0 aliphatic carbocycles. The topological polar surface area (TPSA) is 128 Å². The molecule has 0 bridgehead atoms. The number of sulfonamides is 1. The van der Waals surface area contributed by atoms with Gasteiger partial charge in [-0.15, -0.1) is 0 Å². The van der Waals surface area contributed by atoms with Gasteiger partial charge in [0.25, 0.3) is 5.91 Å². The van der Waals surface area contributed by atoms with E-state index in [0.717, 1.165) is 6.07 Å². The first-order chi connectivity index (χ1) is 12.6. The number of nitrogens with two attached hydrogens (primary N) is 1. The number of rotatable bonds is 7. The Morgan fingerprint density at radius 1 is 1.15 bits per heavy atom. The summed E-state index contributed by atoms with van der Waals surface area (Å²) in [5.41, 5.74) is 5.32. The number of hydrogen-bond acceptors (Lipinski definition) is 5. The maximum Gasteiger partial charge on any atom is 0.259 e. The van der Waals surface area contributed by atoms with Gasteiger partial charge < -0.3 is 15.8 Å². The summed E-state index contributed by atoms with van der Waals surface area (Å²) in [7, 11) is -2.77. The number of benzene rings is 2. The third-order valence-electron chi connectivity index (χ3n) is 3.59. The van der Waals surface area contributed by atoms with Gasteiger partial charge in [0, 0.05) is 5.69 Å². The standard InChI is InChI=1S/C17H18FN3O5S/c1-10(16(19)22)21-27(24,25)13-7-8-15(26-2)14(9-13)17(23)20-12-5-3-11(18)4-6-12/h3-10,21H,1-2H3,(H2,19,22)(H,20,23). The minimum absolute atomic E-state index is 0.0589. The maximum atomic E-state index is 13.0. The van der Waals surface area contributed by atoms with E-state index in [9.17, 15) is 22.4 Å². The Morgan fingerprint density at radius 3 is 2.33 bits per heavy atom. The van der Waals surface area contributed by atoms with E-state index in [0.29, 0.717) is 5.69 Å². The van der Waals surface area contributed by atoms with Gasteiger partial charge in [0.05, 0.1) is 23.6 Å². The van der Waals surface area contributed by atoms with Crippen LogP contribution in [0.3, 0.4) is 0 Å². The molecule has 0 heterocycles. The molecular formula is C17H18FN3O5S. The zero-order valence-electron chi connectivity index (χ0n) is 14.5. The molecule has 0 fully saturated rings. The van der Waals surface area contributed by atoms with E-state index in [-0.39, 0.29) is 16.2 Å². The lowest BCUT2D eigenvalue weighted by Crippen LogP contribution is -2.42. The summed E-state index contributed by atoms with van der Waals surface area (Å²) in [6.07, 6.45) is 0. The number of anilines is 1. The van der Waals surface area contributed by atoms with Crippen LogP contribution in [-0.4, -0.2) is 33.4 Å². The number of amides is 2. The third-order valence-corrected chi connectivity index (χ3v) is 5.13. The van der Waals surface area contributed by atoms with Crippen LogP contribution in [0.2, 0.25) is 0 Å².